The van der Waals surface area contributed by atoms with Crippen LogP contribution < -0.4 is 11.3 Å². The summed E-state index contributed by atoms with van der Waals surface area (Å²) in [6, 6.07) is 22.7. The fourth-order valence-electron chi connectivity index (χ4n) is 4.03. The molecule has 0 aliphatic rings. The maximum Gasteiger partial charge on any atom is 0.382 e. The van der Waals surface area contributed by atoms with Crippen LogP contribution in [0, 0.1) is 11.3 Å². The summed E-state index contributed by atoms with van der Waals surface area (Å²) in [4.78, 5) is 38.3. The molecule has 0 spiro atoms. The number of furan rings is 1. The van der Waals surface area contributed by atoms with Gasteiger partial charge < -0.3 is 14.3 Å². The van der Waals surface area contributed by atoms with Crippen LogP contribution >= 0.6 is 0 Å². The Morgan fingerprint density at radius 3 is 2.28 bits per heavy atom. The van der Waals surface area contributed by atoms with E-state index in [1.807, 2.05) is 54.0 Å². The van der Waals surface area contributed by atoms with Gasteiger partial charge in [0, 0.05) is 11.1 Å². The lowest BCUT2D eigenvalue weighted by Gasteiger charge is -2.10. The van der Waals surface area contributed by atoms with Gasteiger partial charge in [0.2, 0.25) is 5.76 Å². The fourth-order valence-corrected chi connectivity index (χ4v) is 4.03. The van der Waals surface area contributed by atoms with Crippen LogP contribution in [0.3, 0.4) is 0 Å². The second-order valence-electron chi connectivity index (χ2n) is 8.34. The molecule has 0 saturated heterocycles. The van der Waals surface area contributed by atoms with Crippen LogP contribution in [0.25, 0.3) is 11.1 Å². The van der Waals surface area contributed by atoms with E-state index in [4.69, 9.17) is 15.0 Å². The number of ether oxygens (including phenoxy) is 1. The number of benzene rings is 3. The molecule has 4 N–H and O–H groups in total. The topological polar surface area (TPSA) is 156 Å². The van der Waals surface area contributed by atoms with E-state index < -0.39 is 40.3 Å². The molecule has 0 atom stereocenters. The fraction of sp³-hybridized carbons (Fsp3) is 0.0667. The number of nitrogens with zero attached hydrogens (tertiary/aromatic N) is 1. The van der Waals surface area contributed by atoms with E-state index in [0.717, 1.165) is 24.1 Å². The number of esters is 2. The molecule has 3 aromatic carbocycles. The average Bonchev–Trinajstić information content (AvgIpc) is 3.39. The maximum absolute atomic E-state index is 13.1. The van der Waals surface area contributed by atoms with E-state index in [9.17, 15) is 24.8 Å². The number of carbonyl (C=O) groups excluding carboxylic acids is 3. The van der Waals surface area contributed by atoms with Gasteiger partial charge in [0.05, 0.1) is 17.4 Å². The Hall–Kier alpha value is -5.46. The van der Waals surface area contributed by atoms with Crippen LogP contribution in [-0.2, 0) is 17.6 Å². The van der Waals surface area contributed by atoms with Crippen molar-refractivity contribution in [3.63, 3.8) is 0 Å². The summed E-state index contributed by atoms with van der Waals surface area (Å²) in [5.74, 6) is 1.10. The monoisotopic (exact) mass is 521 g/mol. The summed E-state index contributed by atoms with van der Waals surface area (Å²) in [6.07, 6.45) is 6.59. The van der Waals surface area contributed by atoms with Gasteiger partial charge in [0.1, 0.15) is 17.4 Å². The third-order valence-corrected chi connectivity index (χ3v) is 5.87. The van der Waals surface area contributed by atoms with Crippen LogP contribution in [0.4, 0.5) is 0 Å². The Balaban J connectivity index is 1.62. The number of carbonyl (C=O) groups is 3. The number of amides is 1. The van der Waals surface area contributed by atoms with Crippen molar-refractivity contribution >= 4 is 17.8 Å². The second kappa shape index (κ2) is 12.2. The highest BCUT2D eigenvalue weighted by molar-refractivity contribution is 6.11. The van der Waals surface area contributed by atoms with Crippen molar-refractivity contribution in [2.24, 2.45) is 5.84 Å². The molecule has 0 unspecified atom stereocenters. The first-order valence-corrected chi connectivity index (χ1v) is 11.8. The molecule has 9 nitrogen and oxygen atoms in total. The Kier molecular flexibility index (Phi) is 8.31. The number of nitrogen functional groups attached to an aromatic ring is 1. The highest BCUT2D eigenvalue weighted by atomic mass is 16.6. The summed E-state index contributed by atoms with van der Waals surface area (Å²) >= 11 is 0. The number of hydrogen-bond acceptors (Lipinski definition) is 8. The van der Waals surface area contributed by atoms with Crippen molar-refractivity contribution in [2.45, 2.75) is 12.8 Å². The molecule has 4 rings (SSSR count). The standard InChI is InChI=1S/C30H23N3O6/c31-17-23-24(34)16-15-22(26(23)28(35)33-32)29(36)39-30(37)27-25(20-12-5-2-6-13-20)21(18-38-27)14-8-7-11-19-9-3-1-4-10-19/h1-10,12-13,15-16,18,34H,11,14,32H2,(H,33,35). The van der Waals surface area contributed by atoms with Crippen LogP contribution in [0.2, 0.25) is 0 Å². The van der Waals surface area contributed by atoms with Gasteiger partial charge in [-0.1, -0.05) is 72.8 Å². The molecule has 39 heavy (non-hydrogen) atoms. The second-order valence-corrected chi connectivity index (χ2v) is 8.34. The molecule has 1 heterocycles. The molecular weight excluding hydrogens is 498 g/mol. The van der Waals surface area contributed by atoms with Crippen LogP contribution in [0.5, 0.6) is 5.75 Å². The molecule has 0 aliphatic heterocycles. The summed E-state index contributed by atoms with van der Waals surface area (Å²) < 4.78 is 10.6. The third-order valence-electron chi connectivity index (χ3n) is 5.87. The van der Waals surface area contributed by atoms with Crippen molar-refractivity contribution in [3.05, 3.63) is 125 Å². The van der Waals surface area contributed by atoms with E-state index >= 15 is 0 Å². The number of rotatable bonds is 8. The van der Waals surface area contributed by atoms with Gasteiger partial charge >= 0.3 is 11.9 Å². The number of phenols is 1. The number of nitriles is 1. The zero-order valence-corrected chi connectivity index (χ0v) is 20.6. The van der Waals surface area contributed by atoms with E-state index in [0.29, 0.717) is 23.1 Å². The van der Waals surface area contributed by atoms with Crippen LogP contribution in [0.1, 0.15) is 48.0 Å². The van der Waals surface area contributed by atoms with Gasteiger partial charge in [-0.05, 0) is 36.1 Å². The molecule has 0 bridgehead atoms. The minimum Gasteiger partial charge on any atom is -0.507 e. The molecule has 4 aromatic rings. The van der Waals surface area contributed by atoms with Crippen LogP contribution in [0.15, 0.2) is 95.6 Å². The highest BCUT2D eigenvalue weighted by Gasteiger charge is 2.29. The van der Waals surface area contributed by atoms with Gasteiger partial charge in [0.25, 0.3) is 5.91 Å². The lowest BCUT2D eigenvalue weighted by atomic mass is 9.99. The Labute approximate surface area is 223 Å². The normalized spacial score (nSPS) is 10.7. The zero-order chi connectivity index (χ0) is 27.8. The predicted molar refractivity (Wildman–Crippen MR) is 141 cm³/mol. The third kappa shape index (κ3) is 5.93. The lowest BCUT2D eigenvalue weighted by Crippen LogP contribution is -2.32. The Bertz CT molecular complexity index is 1580. The van der Waals surface area contributed by atoms with Gasteiger partial charge in [-0.3, -0.25) is 10.2 Å². The predicted octanol–water partition coefficient (Wildman–Crippen LogP) is 4.47. The SMILES string of the molecule is N#Cc1c(O)ccc(C(=O)OC(=O)c2occ(CC=CCc3ccccc3)c2-c2ccccc2)c1C(=O)NN. The maximum atomic E-state index is 13.1. The van der Waals surface area contributed by atoms with E-state index in [2.05, 4.69) is 0 Å². The number of nitrogens with one attached hydrogen (secondary N) is 1. The van der Waals surface area contributed by atoms with Crippen molar-refractivity contribution < 1.29 is 28.6 Å². The molecule has 9 heteroatoms. The van der Waals surface area contributed by atoms with Gasteiger partial charge in [-0.25, -0.2) is 15.4 Å². The number of nitrogens with two attached hydrogens (primary N) is 1. The summed E-state index contributed by atoms with van der Waals surface area (Å²) in [7, 11) is 0. The molecule has 1 amide bonds. The smallest absolute Gasteiger partial charge is 0.382 e. The number of hydrogen-bond donors (Lipinski definition) is 3. The van der Waals surface area contributed by atoms with Crippen molar-refractivity contribution in [2.75, 3.05) is 0 Å². The van der Waals surface area contributed by atoms with E-state index in [-0.39, 0.29) is 5.76 Å². The van der Waals surface area contributed by atoms with E-state index in [1.165, 1.54) is 6.26 Å². The van der Waals surface area contributed by atoms with Gasteiger partial charge in [-0.15, -0.1) is 0 Å². The quantitative estimate of drug-likeness (QED) is 0.0766. The molecule has 1 aromatic heterocycles. The molecule has 0 fully saturated rings. The van der Waals surface area contributed by atoms with E-state index in [1.54, 1.807) is 30.3 Å². The first-order valence-electron chi connectivity index (χ1n) is 11.8. The van der Waals surface area contributed by atoms with Crippen molar-refractivity contribution in [1.29, 1.82) is 5.26 Å². The summed E-state index contributed by atoms with van der Waals surface area (Å²) in [5.41, 5.74) is 3.36. The largest absolute Gasteiger partial charge is 0.507 e. The minimum absolute atomic E-state index is 0.204. The zero-order valence-electron chi connectivity index (χ0n) is 20.6. The Morgan fingerprint density at radius 1 is 0.949 bits per heavy atom. The molecule has 194 valence electrons. The first kappa shape index (κ1) is 26.6. The highest BCUT2D eigenvalue weighted by Crippen LogP contribution is 2.32. The molecule has 0 radical (unpaired) electrons. The molecule has 0 aliphatic carbocycles. The molecule has 0 saturated carbocycles. The van der Waals surface area contributed by atoms with Crippen LogP contribution in [-0.4, -0.2) is 23.0 Å². The summed E-state index contributed by atoms with van der Waals surface area (Å²) in [6.45, 7) is 0. The average molecular weight is 522 g/mol. The molecular formula is C30H23N3O6. The number of allylic oxidation sites excluding steroid dienone is 2. The van der Waals surface area contributed by atoms with Gasteiger partial charge in [0.15, 0.2) is 0 Å². The summed E-state index contributed by atoms with van der Waals surface area (Å²) in [5, 5.41) is 19.3. The van der Waals surface area contributed by atoms with Crippen molar-refractivity contribution in [1.82, 2.24) is 5.43 Å². The number of phenolic OH excluding ortho intramolecular Hbond substituents is 1. The number of aromatic hydroxyl groups is 1. The van der Waals surface area contributed by atoms with Gasteiger partial charge in [-0.2, -0.15) is 5.26 Å². The van der Waals surface area contributed by atoms with Crippen molar-refractivity contribution in [3.8, 4) is 22.9 Å². The minimum atomic E-state index is -1.23. The number of hydrazine groups is 1. The first-order chi connectivity index (χ1) is 18.9. The lowest BCUT2D eigenvalue weighted by molar-refractivity contribution is 0.0374. The Morgan fingerprint density at radius 2 is 1.62 bits per heavy atom.